The first-order valence-electron chi connectivity index (χ1n) is 12.8. The number of ether oxygens (including phenoxy) is 1. The van der Waals surface area contributed by atoms with E-state index in [4.69, 9.17) is 4.74 Å². The maximum atomic E-state index is 13.9. The second-order valence-corrected chi connectivity index (χ2v) is 10.4. The second kappa shape index (κ2) is 11.2. The van der Waals surface area contributed by atoms with Crippen molar-refractivity contribution in [1.29, 1.82) is 0 Å². The average molecular weight is 544 g/mol. The molecule has 1 saturated carbocycles. The summed E-state index contributed by atoms with van der Waals surface area (Å²) >= 11 is 0. The Morgan fingerprint density at radius 3 is 2.37 bits per heavy atom. The molecule has 8 heteroatoms. The molecule has 0 radical (unpaired) electrons. The lowest BCUT2D eigenvalue weighted by molar-refractivity contribution is -0.939. The standard InChI is InChI=1S/C27H34N4O3.BrH/c32-25(29-24-11-8-16-28-30-24)20-31-17-12-21(13-18-31)23(19-31)34-26(33)27(14-6-1-2-7-15-27)22-9-4-3-5-10-22;/h3-5,8-11,16,21,23H,1-2,6-7,12-15,17-20H2;1H/t21?,23-,31?;/m0./s1. The predicted octanol–water partition coefficient (Wildman–Crippen LogP) is 0.864. The number of esters is 1. The van der Waals surface area contributed by atoms with Gasteiger partial charge in [0.2, 0.25) is 0 Å². The fourth-order valence-electron chi connectivity index (χ4n) is 6.38. The van der Waals surface area contributed by atoms with Crippen molar-refractivity contribution in [2.45, 2.75) is 62.9 Å². The molecule has 1 aromatic carbocycles. The lowest BCUT2D eigenvalue weighted by Gasteiger charge is -2.52. The summed E-state index contributed by atoms with van der Waals surface area (Å²) in [6.45, 7) is 3.00. The molecule has 0 spiro atoms. The molecule has 4 fully saturated rings. The Morgan fingerprint density at radius 1 is 1.00 bits per heavy atom. The number of hydrogen-bond acceptors (Lipinski definition) is 5. The zero-order valence-corrected chi connectivity index (χ0v) is 21.8. The van der Waals surface area contributed by atoms with Crippen LogP contribution in [0.25, 0.3) is 0 Å². The summed E-state index contributed by atoms with van der Waals surface area (Å²) in [7, 11) is 0. The molecule has 3 aliphatic heterocycles. The van der Waals surface area contributed by atoms with E-state index in [1.54, 1.807) is 18.3 Å². The maximum Gasteiger partial charge on any atom is 0.317 e. The number of hydrogen-bond donors (Lipinski definition) is 1. The Labute approximate surface area is 218 Å². The molecule has 2 aromatic rings. The molecule has 1 amide bonds. The first-order chi connectivity index (χ1) is 16.6. The summed E-state index contributed by atoms with van der Waals surface area (Å²) in [5.41, 5.74) is 0.549. The number of carbonyl (C=O) groups is 2. The third-order valence-corrected chi connectivity index (χ3v) is 8.29. The van der Waals surface area contributed by atoms with Gasteiger partial charge in [-0.25, -0.2) is 0 Å². The topological polar surface area (TPSA) is 81.2 Å². The van der Waals surface area contributed by atoms with Crippen LogP contribution in [0.4, 0.5) is 5.82 Å². The molecule has 3 saturated heterocycles. The highest BCUT2D eigenvalue weighted by molar-refractivity contribution is 5.90. The number of piperidine rings is 3. The fraction of sp³-hybridized carbons (Fsp3) is 0.556. The summed E-state index contributed by atoms with van der Waals surface area (Å²) in [6, 6.07) is 13.7. The maximum absolute atomic E-state index is 13.9. The molecule has 35 heavy (non-hydrogen) atoms. The van der Waals surface area contributed by atoms with E-state index in [9.17, 15) is 9.59 Å². The summed E-state index contributed by atoms with van der Waals surface area (Å²) in [5, 5.41) is 10.7. The molecule has 1 N–H and O–H groups in total. The molecule has 1 aromatic heterocycles. The quantitative estimate of drug-likeness (QED) is 0.332. The molecular weight excluding hydrogens is 508 g/mol. The van der Waals surface area contributed by atoms with Gasteiger partial charge in [-0.15, -0.1) is 5.10 Å². The zero-order chi connectivity index (χ0) is 23.4. The summed E-state index contributed by atoms with van der Waals surface area (Å²) in [6.07, 6.45) is 9.63. The van der Waals surface area contributed by atoms with Gasteiger partial charge in [0.25, 0.3) is 5.91 Å². The number of carbonyl (C=O) groups excluding carboxylic acids is 2. The lowest BCUT2D eigenvalue weighted by Crippen LogP contribution is -3.00. The monoisotopic (exact) mass is 542 g/mol. The van der Waals surface area contributed by atoms with Crippen LogP contribution >= 0.6 is 0 Å². The summed E-state index contributed by atoms with van der Waals surface area (Å²) in [4.78, 5) is 26.7. The average Bonchev–Trinajstić information content (AvgIpc) is 3.13. The SMILES string of the molecule is O=C(C[N+]12CCC(CC1)[C@@H](OC(=O)C1(c3ccccc3)CCCCCC1)C2)Nc1cccnn1.[Br-]. The van der Waals surface area contributed by atoms with Crippen LogP contribution in [0.15, 0.2) is 48.7 Å². The highest BCUT2D eigenvalue weighted by Gasteiger charge is 2.51. The van der Waals surface area contributed by atoms with Crippen molar-refractivity contribution in [2.75, 3.05) is 31.5 Å². The van der Waals surface area contributed by atoms with Crippen molar-refractivity contribution in [1.82, 2.24) is 10.2 Å². The van der Waals surface area contributed by atoms with E-state index >= 15 is 0 Å². The Morgan fingerprint density at radius 2 is 1.71 bits per heavy atom. The zero-order valence-electron chi connectivity index (χ0n) is 20.2. The first-order valence-corrected chi connectivity index (χ1v) is 12.8. The van der Waals surface area contributed by atoms with Gasteiger partial charge < -0.3 is 31.5 Å². The van der Waals surface area contributed by atoms with Crippen molar-refractivity contribution >= 4 is 17.7 Å². The lowest BCUT2D eigenvalue weighted by atomic mass is 9.74. The van der Waals surface area contributed by atoms with E-state index in [-0.39, 0.29) is 35.0 Å². The van der Waals surface area contributed by atoms with Gasteiger partial charge in [0.15, 0.2) is 18.5 Å². The van der Waals surface area contributed by atoms with Crippen LogP contribution in [0, 0.1) is 5.92 Å². The molecular formula is C27H35BrN4O3. The van der Waals surface area contributed by atoms with Crippen LogP contribution in [0.2, 0.25) is 0 Å². The number of halogens is 1. The van der Waals surface area contributed by atoms with E-state index in [1.165, 1.54) is 12.8 Å². The van der Waals surface area contributed by atoms with Crippen LogP contribution in [-0.2, 0) is 19.7 Å². The molecule has 1 aliphatic carbocycles. The van der Waals surface area contributed by atoms with E-state index in [0.29, 0.717) is 22.8 Å². The van der Waals surface area contributed by atoms with Crippen LogP contribution in [0.1, 0.15) is 56.9 Å². The summed E-state index contributed by atoms with van der Waals surface area (Å²) < 4.78 is 7.07. The highest BCUT2D eigenvalue weighted by Crippen LogP contribution is 2.42. The number of anilines is 1. The van der Waals surface area contributed by atoms with Gasteiger partial charge in [-0.3, -0.25) is 9.59 Å². The van der Waals surface area contributed by atoms with Crippen molar-refractivity contribution in [2.24, 2.45) is 5.92 Å². The molecule has 188 valence electrons. The van der Waals surface area contributed by atoms with Gasteiger partial charge in [-0.2, -0.15) is 5.10 Å². The molecule has 4 heterocycles. The van der Waals surface area contributed by atoms with Gasteiger partial charge >= 0.3 is 5.97 Å². The molecule has 7 nitrogen and oxygen atoms in total. The molecule has 1 atom stereocenters. The smallest absolute Gasteiger partial charge is 0.317 e. The minimum absolute atomic E-state index is 0. The van der Waals surface area contributed by atoms with Gasteiger partial charge in [0.1, 0.15) is 6.54 Å². The number of amides is 1. The van der Waals surface area contributed by atoms with E-state index in [0.717, 1.165) is 63.7 Å². The van der Waals surface area contributed by atoms with Gasteiger partial charge in [0, 0.05) is 25.0 Å². The first kappa shape index (κ1) is 25.8. The van der Waals surface area contributed by atoms with E-state index in [2.05, 4.69) is 27.6 Å². The Hall–Kier alpha value is -2.32. The van der Waals surface area contributed by atoms with Crippen molar-refractivity contribution in [3.8, 4) is 0 Å². The molecule has 6 rings (SSSR count). The number of nitrogens with one attached hydrogen (secondary N) is 1. The third-order valence-electron chi connectivity index (χ3n) is 8.29. The van der Waals surface area contributed by atoms with E-state index in [1.807, 2.05) is 18.2 Å². The number of benzene rings is 1. The van der Waals surface area contributed by atoms with E-state index < -0.39 is 5.41 Å². The Kier molecular flexibility index (Phi) is 8.22. The normalized spacial score (nSPS) is 27.2. The van der Waals surface area contributed by atoms with Crippen LogP contribution in [0.5, 0.6) is 0 Å². The number of fused-ring (bicyclic) bond motifs is 3. The van der Waals surface area contributed by atoms with Crippen molar-refractivity contribution < 1.29 is 35.8 Å². The molecule has 4 aliphatic rings. The third kappa shape index (κ3) is 5.59. The van der Waals surface area contributed by atoms with Crippen LogP contribution in [0.3, 0.4) is 0 Å². The fourth-order valence-corrected chi connectivity index (χ4v) is 6.38. The largest absolute Gasteiger partial charge is 1.00 e. The van der Waals surface area contributed by atoms with Crippen LogP contribution in [-0.4, -0.2) is 58.8 Å². The predicted molar refractivity (Wildman–Crippen MR) is 129 cm³/mol. The number of quaternary nitrogens is 1. The van der Waals surface area contributed by atoms with Crippen molar-refractivity contribution in [3.05, 3.63) is 54.2 Å². The minimum Gasteiger partial charge on any atom is -1.00 e. The summed E-state index contributed by atoms with van der Waals surface area (Å²) in [5.74, 6) is 0.751. The molecule has 2 bridgehead atoms. The van der Waals surface area contributed by atoms with Crippen LogP contribution < -0.4 is 22.3 Å². The Bertz CT molecular complexity index is 988. The second-order valence-electron chi connectivity index (χ2n) is 10.4. The highest BCUT2D eigenvalue weighted by atomic mass is 79.9. The Balaban J connectivity index is 0.00000289. The minimum atomic E-state index is -0.544. The van der Waals surface area contributed by atoms with Gasteiger partial charge in [-0.1, -0.05) is 56.0 Å². The molecule has 0 unspecified atom stereocenters. The van der Waals surface area contributed by atoms with Gasteiger partial charge in [-0.05, 0) is 30.5 Å². The van der Waals surface area contributed by atoms with Gasteiger partial charge in [0.05, 0.1) is 18.5 Å². The van der Waals surface area contributed by atoms with Crippen molar-refractivity contribution in [3.63, 3.8) is 0 Å². The number of nitrogens with zero attached hydrogens (tertiary/aromatic N) is 3. The number of aromatic nitrogens is 2. The number of rotatable bonds is 6.